The van der Waals surface area contributed by atoms with Crippen molar-refractivity contribution in [3.63, 3.8) is 0 Å². The first-order valence-electron chi connectivity index (χ1n) is 4.26. The molecule has 15 heavy (non-hydrogen) atoms. The molecule has 3 nitrogen and oxygen atoms in total. The smallest absolute Gasteiger partial charge is 0.185 e. The van der Waals surface area contributed by atoms with Gasteiger partial charge in [0.05, 0.1) is 3.57 Å². The maximum atomic E-state index is 9.83. The van der Waals surface area contributed by atoms with Crippen LogP contribution in [0.1, 0.15) is 17.4 Å². The monoisotopic (exact) mass is 434 g/mol. The molecule has 0 aliphatic rings. The minimum atomic E-state index is -0.435. The van der Waals surface area contributed by atoms with Crippen molar-refractivity contribution in [2.75, 3.05) is 14.2 Å². The molecule has 5 heteroatoms. The lowest BCUT2D eigenvalue weighted by Gasteiger charge is -2.18. The van der Waals surface area contributed by atoms with Crippen LogP contribution >= 0.6 is 45.2 Å². The largest absolute Gasteiger partial charge is 0.507 e. The van der Waals surface area contributed by atoms with Crippen LogP contribution in [-0.2, 0) is 9.47 Å². The Morgan fingerprint density at radius 1 is 1.27 bits per heavy atom. The van der Waals surface area contributed by atoms with Crippen molar-refractivity contribution < 1.29 is 14.6 Å². The lowest BCUT2D eigenvalue weighted by atomic mass is 10.1. The summed E-state index contributed by atoms with van der Waals surface area (Å²) < 4.78 is 12.2. The first kappa shape index (κ1) is 13.5. The molecule has 0 fully saturated rings. The second-order valence-electron chi connectivity index (χ2n) is 3.05. The van der Waals surface area contributed by atoms with Gasteiger partial charge in [-0.05, 0) is 63.7 Å². The lowest BCUT2D eigenvalue weighted by Crippen LogP contribution is -2.08. The standard InChI is InChI=1S/C10H12I2O3/c1-5-4-6(11)7(8(12)9(5)13)10(14-2)15-3/h4,10,13H,1-3H3. The quantitative estimate of drug-likeness (QED) is 0.587. The summed E-state index contributed by atoms with van der Waals surface area (Å²) in [6, 6.07) is 1.92. The van der Waals surface area contributed by atoms with Crippen LogP contribution in [0.15, 0.2) is 6.07 Å². The zero-order chi connectivity index (χ0) is 11.6. The van der Waals surface area contributed by atoms with Crippen molar-refractivity contribution in [1.29, 1.82) is 0 Å². The Kier molecular flexibility index (Phi) is 5.07. The van der Waals surface area contributed by atoms with Crippen LogP contribution in [0.25, 0.3) is 0 Å². The van der Waals surface area contributed by atoms with Gasteiger partial charge in [-0.25, -0.2) is 0 Å². The van der Waals surface area contributed by atoms with Crippen LogP contribution in [0.2, 0.25) is 0 Å². The molecule has 1 rings (SSSR count). The minimum Gasteiger partial charge on any atom is -0.507 e. The molecule has 1 aromatic carbocycles. The molecular formula is C10H12I2O3. The van der Waals surface area contributed by atoms with Gasteiger partial charge in [-0.1, -0.05) is 0 Å². The van der Waals surface area contributed by atoms with Gasteiger partial charge in [0.15, 0.2) is 6.29 Å². The molecule has 0 aliphatic carbocycles. The van der Waals surface area contributed by atoms with E-state index in [0.717, 1.165) is 18.3 Å². The van der Waals surface area contributed by atoms with Crippen molar-refractivity contribution in [1.82, 2.24) is 0 Å². The van der Waals surface area contributed by atoms with Crippen molar-refractivity contribution in [3.8, 4) is 5.75 Å². The van der Waals surface area contributed by atoms with Crippen LogP contribution in [0.3, 0.4) is 0 Å². The van der Waals surface area contributed by atoms with Crippen LogP contribution in [0.5, 0.6) is 5.75 Å². The Labute approximate surface area is 116 Å². The number of phenolic OH excluding ortho intramolecular Hbond substituents is 1. The summed E-state index contributed by atoms with van der Waals surface area (Å²) in [6.45, 7) is 1.87. The maximum absolute atomic E-state index is 9.83. The SMILES string of the molecule is COC(OC)c1c(I)cc(C)c(O)c1I. The molecule has 0 unspecified atom stereocenters. The Balaban J connectivity index is 3.34. The number of hydrogen-bond acceptors (Lipinski definition) is 3. The number of benzene rings is 1. The van der Waals surface area contributed by atoms with E-state index in [1.54, 1.807) is 14.2 Å². The summed E-state index contributed by atoms with van der Waals surface area (Å²) in [5.41, 5.74) is 1.74. The summed E-state index contributed by atoms with van der Waals surface area (Å²) in [7, 11) is 3.16. The highest BCUT2D eigenvalue weighted by Crippen LogP contribution is 2.35. The molecule has 1 N–H and O–H groups in total. The Morgan fingerprint density at radius 2 is 1.80 bits per heavy atom. The van der Waals surface area contributed by atoms with Gasteiger partial charge < -0.3 is 14.6 Å². The van der Waals surface area contributed by atoms with E-state index in [0.29, 0.717) is 5.75 Å². The first-order valence-corrected chi connectivity index (χ1v) is 6.41. The van der Waals surface area contributed by atoms with E-state index in [1.807, 2.05) is 13.0 Å². The summed E-state index contributed by atoms with van der Waals surface area (Å²) in [5.74, 6) is 0.296. The van der Waals surface area contributed by atoms with E-state index in [1.165, 1.54) is 0 Å². The third-order valence-corrected chi connectivity index (χ3v) is 4.07. The molecule has 0 aliphatic heterocycles. The molecule has 0 saturated carbocycles. The maximum Gasteiger partial charge on any atom is 0.185 e. The minimum absolute atomic E-state index is 0.296. The second kappa shape index (κ2) is 5.65. The van der Waals surface area contributed by atoms with E-state index >= 15 is 0 Å². The third kappa shape index (κ3) is 2.75. The van der Waals surface area contributed by atoms with Crippen LogP contribution in [0, 0.1) is 14.1 Å². The second-order valence-corrected chi connectivity index (χ2v) is 5.30. The predicted octanol–water partition coefficient (Wildman–Crippen LogP) is 3.20. The number of rotatable bonds is 3. The number of hydrogen-bond donors (Lipinski definition) is 1. The van der Waals surface area contributed by atoms with E-state index in [-0.39, 0.29) is 0 Å². The van der Waals surface area contributed by atoms with Crippen LogP contribution in [-0.4, -0.2) is 19.3 Å². The van der Waals surface area contributed by atoms with E-state index in [2.05, 4.69) is 45.2 Å². The van der Waals surface area contributed by atoms with Gasteiger partial charge >= 0.3 is 0 Å². The van der Waals surface area contributed by atoms with E-state index in [9.17, 15) is 5.11 Å². The third-order valence-electron chi connectivity index (χ3n) is 2.08. The number of ether oxygens (including phenoxy) is 2. The van der Waals surface area contributed by atoms with Gasteiger partial charge in [0.25, 0.3) is 0 Å². The first-order chi connectivity index (χ1) is 7.02. The van der Waals surface area contributed by atoms with Gasteiger partial charge in [-0.3, -0.25) is 0 Å². The van der Waals surface area contributed by atoms with Crippen LogP contribution < -0.4 is 0 Å². The molecule has 1 aromatic rings. The summed E-state index contributed by atoms with van der Waals surface area (Å²) >= 11 is 4.32. The highest BCUT2D eigenvalue weighted by molar-refractivity contribution is 14.1. The van der Waals surface area contributed by atoms with Crippen molar-refractivity contribution in [2.45, 2.75) is 13.2 Å². The zero-order valence-corrected chi connectivity index (χ0v) is 13.0. The highest BCUT2D eigenvalue weighted by Gasteiger charge is 2.20. The zero-order valence-electron chi connectivity index (χ0n) is 8.67. The Hall–Kier alpha value is 0.400. The van der Waals surface area contributed by atoms with Gasteiger partial charge in [0, 0.05) is 23.4 Å². The summed E-state index contributed by atoms with van der Waals surface area (Å²) in [4.78, 5) is 0. The number of aromatic hydroxyl groups is 1. The molecule has 0 spiro atoms. The predicted molar refractivity (Wildman–Crippen MR) is 75.0 cm³/mol. The molecule has 0 radical (unpaired) electrons. The lowest BCUT2D eigenvalue weighted by molar-refractivity contribution is -0.107. The highest BCUT2D eigenvalue weighted by atomic mass is 127. The van der Waals surface area contributed by atoms with Crippen LogP contribution in [0.4, 0.5) is 0 Å². The van der Waals surface area contributed by atoms with Gasteiger partial charge in [-0.2, -0.15) is 0 Å². The fourth-order valence-electron chi connectivity index (χ4n) is 1.29. The van der Waals surface area contributed by atoms with Gasteiger partial charge in [-0.15, -0.1) is 0 Å². The normalized spacial score (nSPS) is 11.1. The average Bonchev–Trinajstić information content (AvgIpc) is 2.21. The van der Waals surface area contributed by atoms with Crippen molar-refractivity contribution >= 4 is 45.2 Å². The Morgan fingerprint density at radius 3 is 2.27 bits per heavy atom. The summed E-state index contributed by atoms with van der Waals surface area (Å²) in [6.07, 6.45) is -0.435. The van der Waals surface area contributed by atoms with E-state index < -0.39 is 6.29 Å². The molecule has 0 atom stereocenters. The molecule has 0 saturated heterocycles. The van der Waals surface area contributed by atoms with Crippen molar-refractivity contribution in [3.05, 3.63) is 24.3 Å². The molecular weight excluding hydrogens is 422 g/mol. The van der Waals surface area contributed by atoms with Gasteiger partial charge in [0.1, 0.15) is 5.75 Å². The molecule has 84 valence electrons. The number of halogens is 2. The molecule has 0 bridgehead atoms. The average molecular weight is 434 g/mol. The van der Waals surface area contributed by atoms with Gasteiger partial charge in [0.2, 0.25) is 0 Å². The van der Waals surface area contributed by atoms with E-state index in [4.69, 9.17) is 9.47 Å². The molecule has 0 aromatic heterocycles. The summed E-state index contributed by atoms with van der Waals surface area (Å²) in [5, 5.41) is 9.83. The fraction of sp³-hybridized carbons (Fsp3) is 0.400. The fourth-order valence-corrected chi connectivity index (χ4v) is 3.77. The topological polar surface area (TPSA) is 38.7 Å². The Bertz CT molecular complexity index is 362. The molecule has 0 heterocycles. The molecule has 0 amide bonds. The number of methoxy groups -OCH3 is 2. The number of phenols is 1. The number of aryl methyl sites for hydroxylation is 1. The van der Waals surface area contributed by atoms with Crippen molar-refractivity contribution in [2.24, 2.45) is 0 Å².